The van der Waals surface area contributed by atoms with Crippen molar-refractivity contribution in [2.75, 3.05) is 6.61 Å². The van der Waals surface area contributed by atoms with Crippen molar-refractivity contribution in [1.29, 1.82) is 0 Å². The Kier molecular flexibility index (Phi) is 43.6. The third-order valence-electron chi connectivity index (χ3n) is 11.2. The summed E-state index contributed by atoms with van der Waals surface area (Å²) in [5, 5.41) is 23.7. The minimum Gasteiger partial charge on any atom is -0.462 e. The minimum atomic E-state index is -0.793. The van der Waals surface area contributed by atoms with Gasteiger partial charge < -0.3 is 20.3 Å². The summed E-state index contributed by atoms with van der Waals surface area (Å²) < 4.78 is 5.90. The Labute approximate surface area is 353 Å². The topological polar surface area (TPSA) is 95.9 Å². The summed E-state index contributed by atoms with van der Waals surface area (Å²) in [4.78, 5) is 26.0. The zero-order chi connectivity index (χ0) is 41.7. The zero-order valence-corrected chi connectivity index (χ0v) is 38.0. The largest absolute Gasteiger partial charge is 0.462 e. The van der Waals surface area contributed by atoms with E-state index in [0.717, 1.165) is 64.2 Å². The van der Waals surface area contributed by atoms with Crippen LogP contribution in [0.5, 0.6) is 0 Å². The first-order valence-electron chi connectivity index (χ1n) is 24.7. The number of hydrogen-bond acceptors (Lipinski definition) is 5. The molecule has 6 heteroatoms. The maximum atomic E-state index is 13.1. The van der Waals surface area contributed by atoms with Gasteiger partial charge in [-0.05, 0) is 70.6 Å². The molecular formula is C51H95NO5. The molecule has 1 amide bonds. The van der Waals surface area contributed by atoms with Crippen LogP contribution in [0.1, 0.15) is 252 Å². The Morgan fingerprint density at radius 3 is 1.42 bits per heavy atom. The van der Waals surface area contributed by atoms with Crippen LogP contribution in [0.3, 0.4) is 0 Å². The maximum Gasteiger partial charge on any atom is 0.306 e. The molecule has 334 valence electrons. The Bertz CT molecular complexity index is 946. The van der Waals surface area contributed by atoms with Crippen molar-refractivity contribution in [3.8, 4) is 0 Å². The van der Waals surface area contributed by atoms with Crippen LogP contribution >= 0.6 is 0 Å². The van der Waals surface area contributed by atoms with E-state index in [4.69, 9.17) is 4.74 Å². The first-order valence-corrected chi connectivity index (χ1v) is 24.7. The van der Waals surface area contributed by atoms with Gasteiger partial charge in [-0.1, -0.05) is 205 Å². The summed E-state index contributed by atoms with van der Waals surface area (Å²) >= 11 is 0. The highest BCUT2D eigenvalue weighted by Gasteiger charge is 2.24. The second-order valence-electron chi connectivity index (χ2n) is 16.9. The smallest absolute Gasteiger partial charge is 0.306 e. The standard InChI is InChI=1S/C51H95NO5/c1-4-7-10-13-16-19-22-24-25-26-29-32-35-38-41-44-51(56)57-47(42-39-36-33-30-28-23-20-17-14-11-8-5-2)45-50(55)52-48(46-53)49(54)43-40-37-34-31-27-21-18-15-12-9-6-3/h16,19,22,24,30,33,47-49,53-54H,4-15,17-18,20-21,23,25-29,31-32,34-46H2,1-3H3,(H,52,55)/b19-16+,24-22+,33-30-. The molecule has 57 heavy (non-hydrogen) atoms. The highest BCUT2D eigenvalue weighted by atomic mass is 16.5. The van der Waals surface area contributed by atoms with E-state index in [1.807, 2.05) is 0 Å². The van der Waals surface area contributed by atoms with E-state index in [2.05, 4.69) is 62.5 Å². The number of amides is 1. The number of aliphatic hydroxyl groups excluding tert-OH is 2. The number of esters is 1. The number of carbonyl (C=O) groups excluding carboxylic acids is 2. The quantitative estimate of drug-likeness (QED) is 0.0247. The molecule has 0 saturated carbocycles. The second-order valence-corrected chi connectivity index (χ2v) is 16.9. The Hall–Kier alpha value is -1.92. The van der Waals surface area contributed by atoms with E-state index >= 15 is 0 Å². The SMILES string of the molecule is CCCCC/C=C/C=C/CCCCCCCCC(=O)OC(CCC/C=C\CCCCCCCCC)CC(=O)NC(CO)C(O)CCCCCCCCCCCCC. The Balaban J connectivity index is 4.61. The Morgan fingerprint density at radius 1 is 0.509 bits per heavy atom. The van der Waals surface area contributed by atoms with Gasteiger partial charge in [-0.3, -0.25) is 9.59 Å². The average molecular weight is 802 g/mol. The van der Waals surface area contributed by atoms with Crippen LogP contribution in [0, 0.1) is 0 Å². The molecule has 6 nitrogen and oxygen atoms in total. The minimum absolute atomic E-state index is 0.0538. The van der Waals surface area contributed by atoms with Crippen LogP contribution in [-0.4, -0.2) is 46.9 Å². The van der Waals surface area contributed by atoms with Gasteiger partial charge in [0.2, 0.25) is 5.91 Å². The van der Waals surface area contributed by atoms with E-state index < -0.39 is 18.2 Å². The van der Waals surface area contributed by atoms with E-state index in [1.54, 1.807) is 0 Å². The highest BCUT2D eigenvalue weighted by Crippen LogP contribution is 2.17. The lowest BCUT2D eigenvalue weighted by Gasteiger charge is -2.24. The third-order valence-corrected chi connectivity index (χ3v) is 11.2. The van der Waals surface area contributed by atoms with Gasteiger partial charge in [0.1, 0.15) is 6.10 Å². The van der Waals surface area contributed by atoms with Crippen LogP contribution < -0.4 is 5.32 Å². The molecule has 0 heterocycles. The molecule has 0 rings (SSSR count). The van der Waals surface area contributed by atoms with Crippen molar-refractivity contribution in [3.05, 3.63) is 36.5 Å². The van der Waals surface area contributed by atoms with E-state index in [0.29, 0.717) is 19.3 Å². The first kappa shape index (κ1) is 55.1. The molecule has 0 aliphatic rings. The van der Waals surface area contributed by atoms with E-state index in [9.17, 15) is 19.8 Å². The fourth-order valence-corrected chi connectivity index (χ4v) is 7.42. The molecule has 0 aromatic carbocycles. The van der Waals surface area contributed by atoms with Crippen molar-refractivity contribution in [2.45, 2.75) is 270 Å². The Morgan fingerprint density at radius 2 is 0.912 bits per heavy atom. The molecule has 0 bridgehead atoms. The zero-order valence-electron chi connectivity index (χ0n) is 38.0. The molecule has 3 N–H and O–H groups in total. The van der Waals surface area contributed by atoms with Gasteiger partial charge in [-0.2, -0.15) is 0 Å². The monoisotopic (exact) mass is 802 g/mol. The molecule has 0 aromatic rings. The molecule has 0 aliphatic carbocycles. The van der Waals surface area contributed by atoms with Crippen LogP contribution in [-0.2, 0) is 14.3 Å². The van der Waals surface area contributed by atoms with Crippen molar-refractivity contribution in [3.63, 3.8) is 0 Å². The lowest BCUT2D eigenvalue weighted by Crippen LogP contribution is -2.46. The normalized spacial score (nSPS) is 13.6. The predicted octanol–water partition coefficient (Wildman–Crippen LogP) is 14.5. The van der Waals surface area contributed by atoms with Gasteiger partial charge in [0.25, 0.3) is 0 Å². The van der Waals surface area contributed by atoms with E-state index in [-0.39, 0.29) is 24.9 Å². The molecule has 3 unspecified atom stereocenters. The first-order chi connectivity index (χ1) is 28.0. The van der Waals surface area contributed by atoms with Crippen LogP contribution in [0.2, 0.25) is 0 Å². The van der Waals surface area contributed by atoms with Gasteiger partial charge in [0.15, 0.2) is 0 Å². The number of aliphatic hydroxyl groups is 2. The van der Waals surface area contributed by atoms with Crippen LogP contribution in [0.15, 0.2) is 36.5 Å². The second kappa shape index (κ2) is 45.2. The summed E-state index contributed by atoms with van der Waals surface area (Å²) in [7, 11) is 0. The van der Waals surface area contributed by atoms with Gasteiger partial charge in [0.05, 0.1) is 25.2 Å². The van der Waals surface area contributed by atoms with Gasteiger partial charge in [0, 0.05) is 6.42 Å². The lowest BCUT2D eigenvalue weighted by atomic mass is 10.0. The number of ether oxygens (including phenoxy) is 1. The van der Waals surface area contributed by atoms with Crippen molar-refractivity contribution < 1.29 is 24.5 Å². The predicted molar refractivity (Wildman–Crippen MR) is 246 cm³/mol. The molecule has 0 saturated heterocycles. The average Bonchev–Trinajstić information content (AvgIpc) is 3.20. The summed E-state index contributed by atoms with van der Waals surface area (Å²) in [5.74, 6) is -0.512. The summed E-state index contributed by atoms with van der Waals surface area (Å²) in [6, 6.07) is -0.709. The maximum absolute atomic E-state index is 13.1. The number of nitrogens with one attached hydrogen (secondary N) is 1. The fraction of sp³-hybridized carbons (Fsp3) is 0.843. The number of hydrogen-bond donors (Lipinski definition) is 3. The lowest BCUT2D eigenvalue weighted by molar-refractivity contribution is -0.151. The molecule has 0 spiro atoms. The van der Waals surface area contributed by atoms with E-state index in [1.165, 1.54) is 141 Å². The van der Waals surface area contributed by atoms with Crippen LogP contribution in [0.25, 0.3) is 0 Å². The molecule has 0 aromatic heterocycles. The molecule has 0 radical (unpaired) electrons. The van der Waals surface area contributed by atoms with Crippen molar-refractivity contribution >= 4 is 11.9 Å². The van der Waals surface area contributed by atoms with Gasteiger partial charge >= 0.3 is 5.97 Å². The fourth-order valence-electron chi connectivity index (χ4n) is 7.42. The molecule has 0 aliphatic heterocycles. The van der Waals surface area contributed by atoms with Crippen molar-refractivity contribution in [2.24, 2.45) is 0 Å². The molecule has 0 fully saturated rings. The number of allylic oxidation sites excluding steroid dienone is 6. The highest BCUT2D eigenvalue weighted by molar-refractivity contribution is 5.77. The summed E-state index contributed by atoms with van der Waals surface area (Å²) in [6.07, 6.45) is 52.0. The summed E-state index contributed by atoms with van der Waals surface area (Å²) in [5.41, 5.74) is 0. The molecule has 3 atom stereocenters. The summed E-state index contributed by atoms with van der Waals surface area (Å²) in [6.45, 7) is 6.43. The molecular weight excluding hydrogens is 707 g/mol. The van der Waals surface area contributed by atoms with Gasteiger partial charge in [-0.15, -0.1) is 0 Å². The number of carbonyl (C=O) groups is 2. The van der Waals surface area contributed by atoms with Crippen molar-refractivity contribution in [1.82, 2.24) is 5.32 Å². The van der Waals surface area contributed by atoms with Gasteiger partial charge in [-0.25, -0.2) is 0 Å². The number of rotatable bonds is 44. The third kappa shape index (κ3) is 40.6. The number of unbranched alkanes of at least 4 members (excludes halogenated alkanes) is 27. The van der Waals surface area contributed by atoms with Crippen LogP contribution in [0.4, 0.5) is 0 Å².